The quantitative estimate of drug-likeness (QED) is 0.0502. The van der Waals surface area contributed by atoms with E-state index in [1.807, 2.05) is 0 Å². The fraction of sp³-hybridized carbons (Fsp3) is 0.500. The molecule has 2 fully saturated rings. The zero-order chi connectivity index (χ0) is 41.9. The Kier molecular flexibility index (Phi) is 12.3. The second kappa shape index (κ2) is 16.0. The van der Waals surface area contributed by atoms with Gasteiger partial charge >= 0.3 is 39.1 Å². The Morgan fingerprint density at radius 2 is 0.982 bits per heavy atom. The zero-order valence-corrected chi connectivity index (χ0v) is 31.9. The van der Waals surface area contributed by atoms with Gasteiger partial charge in [0.25, 0.3) is 11.1 Å². The summed E-state index contributed by atoms with van der Waals surface area (Å²) < 4.78 is 99.7. The number of fused-ring (bicyclic) bond motifs is 2. The van der Waals surface area contributed by atoms with E-state index in [-0.39, 0.29) is 22.3 Å². The van der Waals surface area contributed by atoms with Crippen LogP contribution < -0.4 is 11.1 Å². The molecule has 2 aliphatic heterocycles. The van der Waals surface area contributed by atoms with Crippen LogP contribution in [0.15, 0.2) is 34.9 Å². The molecule has 0 saturated carbocycles. The van der Waals surface area contributed by atoms with Crippen LogP contribution in [0.2, 0.25) is 0 Å². The summed E-state index contributed by atoms with van der Waals surface area (Å²) in [6.07, 6.45) is -10.3. The number of imidazole rings is 2. The van der Waals surface area contributed by atoms with Gasteiger partial charge in [-0.1, -0.05) is 0 Å². The van der Waals surface area contributed by atoms with Crippen molar-refractivity contribution in [2.24, 2.45) is 0 Å². The van der Waals surface area contributed by atoms with Crippen LogP contribution in [0.1, 0.15) is 12.5 Å². The predicted octanol–water partition coefficient (Wildman–Crippen LogP) is -2.91. The molecule has 0 bridgehead atoms. The Hall–Kier alpha value is -2.83. The summed E-state index contributed by atoms with van der Waals surface area (Å²) >= 11 is 0. The highest BCUT2D eigenvalue weighted by atomic mass is 31.3. The number of hydrogen-bond acceptors (Lipinski definition) is 23. The van der Waals surface area contributed by atoms with Crippen molar-refractivity contribution in [3.63, 3.8) is 0 Å². The Balaban J connectivity index is 1.22. The lowest BCUT2D eigenvalue weighted by Gasteiger charge is -2.24. The van der Waals surface area contributed by atoms with Gasteiger partial charge in [0.1, 0.15) is 36.6 Å². The first kappa shape index (κ1) is 43.7. The van der Waals surface area contributed by atoms with E-state index in [0.717, 1.165) is 34.4 Å². The molecule has 4 aromatic heterocycles. The van der Waals surface area contributed by atoms with Crippen LogP contribution in [0.3, 0.4) is 0 Å². The number of phosphoric ester groups is 1. The number of aromatic nitrogens is 8. The smallest absolute Gasteiger partial charge is 0.387 e. The van der Waals surface area contributed by atoms with Gasteiger partial charge in [0.15, 0.2) is 34.8 Å². The number of hydrogen-bond donors (Lipinski definition) is 11. The molecular formula is C20H27N8O24P5. The van der Waals surface area contributed by atoms with Gasteiger partial charge in [-0.2, -0.15) is 17.2 Å². The molecule has 57 heavy (non-hydrogen) atoms. The number of rotatable bonds is 16. The van der Waals surface area contributed by atoms with Gasteiger partial charge in [0, 0.05) is 0 Å². The summed E-state index contributed by atoms with van der Waals surface area (Å²) in [7, 11) is -31.0. The van der Waals surface area contributed by atoms with E-state index < -0.39 is 113 Å². The van der Waals surface area contributed by atoms with E-state index in [1.165, 1.54) is 0 Å². The van der Waals surface area contributed by atoms with Crippen molar-refractivity contribution >= 4 is 61.4 Å². The molecule has 11 unspecified atom stereocenters. The number of aliphatic hydroxyl groups is 4. The number of nitrogens with zero attached hydrogens (tertiary/aromatic N) is 6. The number of H-pyrrole nitrogens is 2. The molecule has 4 aromatic rings. The Morgan fingerprint density at radius 3 is 1.39 bits per heavy atom. The number of nitrogens with one attached hydrogen (secondary N) is 2. The van der Waals surface area contributed by atoms with Crippen molar-refractivity contribution in [2.45, 2.75) is 49.1 Å². The van der Waals surface area contributed by atoms with Gasteiger partial charge in [0.2, 0.25) is 0 Å². The largest absolute Gasteiger partial charge is 0.490 e. The zero-order valence-electron chi connectivity index (χ0n) is 27.4. The maximum atomic E-state index is 13.9. The van der Waals surface area contributed by atoms with Crippen molar-refractivity contribution in [3.8, 4) is 0 Å². The van der Waals surface area contributed by atoms with Crippen LogP contribution in [0, 0.1) is 0 Å². The molecule has 11 N–H and O–H groups in total. The molecule has 0 aromatic carbocycles. The minimum Gasteiger partial charge on any atom is -0.387 e. The predicted molar refractivity (Wildman–Crippen MR) is 174 cm³/mol. The van der Waals surface area contributed by atoms with E-state index >= 15 is 0 Å². The van der Waals surface area contributed by atoms with Crippen molar-refractivity contribution < 1.29 is 103 Å². The van der Waals surface area contributed by atoms with E-state index in [1.54, 1.807) is 0 Å². The lowest BCUT2D eigenvalue weighted by molar-refractivity contribution is -0.0607. The Labute approximate surface area is 312 Å². The molecule has 0 spiro atoms. The average molecular weight is 918 g/mol. The fourth-order valence-corrected chi connectivity index (χ4v) is 11.7. The monoisotopic (exact) mass is 918 g/mol. The van der Waals surface area contributed by atoms with E-state index in [9.17, 15) is 67.5 Å². The molecule has 0 radical (unpaired) electrons. The molecule has 2 saturated heterocycles. The van der Waals surface area contributed by atoms with Crippen LogP contribution >= 0.6 is 39.1 Å². The van der Waals surface area contributed by atoms with Crippen LogP contribution in [0.4, 0.5) is 0 Å². The summed E-state index contributed by atoms with van der Waals surface area (Å²) in [6, 6.07) is 0. The first-order valence-electron chi connectivity index (χ1n) is 15.0. The SMILES string of the molecule is O=c1[nH]cnc2c1ncn2C1OC(COP(=O)(OCC2OC(n3cnc4c(=O)[nH]cnc43)C(O)C2O)OP(=O)(O)OP(=O)(O)OP(=O)(O)OP(=O)(O)O)C(O)C1O. The molecule has 6 heterocycles. The summed E-state index contributed by atoms with van der Waals surface area (Å²) in [6.45, 7) is -2.47. The van der Waals surface area contributed by atoms with E-state index in [4.69, 9.17) is 28.3 Å². The molecule has 6 rings (SSSR count). The van der Waals surface area contributed by atoms with Crippen LogP contribution in [0.25, 0.3) is 22.3 Å². The highest BCUT2D eigenvalue weighted by Gasteiger charge is 2.52. The highest BCUT2D eigenvalue weighted by Crippen LogP contribution is 2.74. The normalized spacial score (nSPS) is 29.9. The van der Waals surface area contributed by atoms with Gasteiger partial charge in [-0.25, -0.2) is 42.8 Å². The number of aromatic amines is 2. The summed E-state index contributed by atoms with van der Waals surface area (Å²) in [5.41, 5.74) is -2.07. The first-order valence-corrected chi connectivity index (χ1v) is 22.5. The highest BCUT2D eigenvalue weighted by molar-refractivity contribution is 7.71. The van der Waals surface area contributed by atoms with Crippen molar-refractivity contribution in [1.29, 1.82) is 0 Å². The fourth-order valence-electron chi connectivity index (χ4n) is 5.27. The van der Waals surface area contributed by atoms with Crippen molar-refractivity contribution in [1.82, 2.24) is 39.0 Å². The molecule has 0 amide bonds. The molecule has 37 heteroatoms. The van der Waals surface area contributed by atoms with Crippen molar-refractivity contribution in [2.75, 3.05) is 13.2 Å². The molecule has 0 aliphatic carbocycles. The second-order valence-corrected chi connectivity index (χ2v) is 19.3. The second-order valence-electron chi connectivity index (χ2n) is 11.5. The van der Waals surface area contributed by atoms with Gasteiger partial charge < -0.3 is 64.3 Å². The average Bonchev–Trinajstić information content (AvgIpc) is 3.83. The van der Waals surface area contributed by atoms with E-state index in [0.29, 0.717) is 0 Å². The lowest BCUT2D eigenvalue weighted by atomic mass is 10.1. The molecular weight excluding hydrogens is 891 g/mol. The van der Waals surface area contributed by atoms with Crippen LogP contribution in [0.5, 0.6) is 0 Å². The van der Waals surface area contributed by atoms with Gasteiger partial charge in [0.05, 0.1) is 38.5 Å². The third-order valence-corrected chi connectivity index (χ3v) is 15.1. The molecule has 32 nitrogen and oxygen atoms in total. The Morgan fingerprint density at radius 1 is 0.596 bits per heavy atom. The third kappa shape index (κ3) is 9.80. The number of aliphatic hydroxyl groups excluding tert-OH is 4. The molecule has 316 valence electrons. The summed E-state index contributed by atoms with van der Waals surface area (Å²) in [4.78, 5) is 90.9. The minimum absolute atomic E-state index is 0.136. The third-order valence-electron chi connectivity index (χ3n) is 7.57. The molecule has 2 aliphatic rings. The van der Waals surface area contributed by atoms with Gasteiger partial charge in [-0.3, -0.25) is 27.8 Å². The van der Waals surface area contributed by atoms with Crippen LogP contribution in [-0.2, 0) is 58.6 Å². The summed E-state index contributed by atoms with van der Waals surface area (Å²) in [5.74, 6) is 0. The summed E-state index contributed by atoms with van der Waals surface area (Å²) in [5, 5.41) is 42.9. The van der Waals surface area contributed by atoms with Gasteiger partial charge in [-0.15, -0.1) is 0 Å². The van der Waals surface area contributed by atoms with Crippen LogP contribution in [-0.4, -0.2) is 134 Å². The Bertz CT molecular complexity index is 2380. The maximum absolute atomic E-state index is 13.9. The molecule has 11 atom stereocenters. The minimum atomic E-state index is -6.47. The van der Waals surface area contributed by atoms with Crippen molar-refractivity contribution in [3.05, 3.63) is 46.0 Å². The number of phosphoric acid groups is 5. The van der Waals surface area contributed by atoms with E-state index in [2.05, 4.69) is 47.1 Å². The first-order chi connectivity index (χ1) is 26.4. The standard InChI is InChI=1S/C20H27N8O24P5/c29-11-7(47-19(13(11)31)27-5-25-9-15(27)21-3-23-17(9)33)1-45-57(44,52-56(42,43)51-55(40,41)50-54(38,39)49-53(35,36)37)46-2-8-12(30)14(32)20(48-8)28-6-26-10-16(28)22-4-24-18(10)34/h3-8,11-14,19-20,29-32H,1-2H2,(H,38,39)(H,40,41)(H,42,43)(H,21,23,33)(H,22,24,34)(H2,35,36,37). The number of ether oxygens (including phenoxy) is 2. The maximum Gasteiger partial charge on any atom is 0.490 e. The van der Waals surface area contributed by atoms with Gasteiger partial charge in [-0.05, 0) is 0 Å². The topological polar surface area (TPSA) is 468 Å². The lowest BCUT2D eigenvalue weighted by Crippen LogP contribution is -2.34.